The average molecular weight is 1880 g/mol. The highest BCUT2D eigenvalue weighted by Gasteiger charge is 2.72. The van der Waals surface area contributed by atoms with Crippen LogP contribution in [0.15, 0.2) is 81.7 Å². The van der Waals surface area contributed by atoms with Crippen LogP contribution in [0, 0.1) is 102 Å². The van der Waals surface area contributed by atoms with Crippen LogP contribution in [0.5, 0.6) is 23.0 Å². The topological polar surface area (TPSA) is 314 Å². The quantitative estimate of drug-likeness (QED) is 0.0322. The highest BCUT2D eigenvalue weighted by atomic mass is 32.2. The molecule has 2 aromatic rings. The summed E-state index contributed by atoms with van der Waals surface area (Å²) < 4.78 is 32.3. The van der Waals surface area contributed by atoms with Crippen molar-refractivity contribution in [3.8, 4) is 23.0 Å². The van der Waals surface area contributed by atoms with Gasteiger partial charge in [0.2, 0.25) is 23.5 Å². The smallest absolute Gasteiger partial charge is 0.504 e. The van der Waals surface area contributed by atoms with Gasteiger partial charge in [-0.05, 0) is 337 Å². The number of thioether (sulfide) groups is 2. The zero-order chi connectivity index (χ0) is 98.2. The van der Waals surface area contributed by atoms with Gasteiger partial charge >= 0.3 is 18.5 Å². The van der Waals surface area contributed by atoms with Crippen molar-refractivity contribution in [3.05, 3.63) is 115 Å². The Hall–Kier alpha value is -6.62. The van der Waals surface area contributed by atoms with Gasteiger partial charge in [0.25, 0.3) is 0 Å². The maximum Gasteiger partial charge on any atom is 0.514 e. The first kappa shape index (κ1) is 107. The van der Waals surface area contributed by atoms with Crippen LogP contribution >= 0.6 is 36.2 Å². The molecule has 15 rings (SSSR count). The molecule has 2 aromatic carbocycles. The highest BCUT2D eigenvalue weighted by molar-refractivity contribution is 8.00. The van der Waals surface area contributed by atoms with Crippen molar-refractivity contribution in [1.82, 2.24) is 0 Å². The molecule has 0 spiro atoms. The van der Waals surface area contributed by atoms with Gasteiger partial charge in [0.15, 0.2) is 28.8 Å². The van der Waals surface area contributed by atoms with E-state index in [4.69, 9.17) is 50.7 Å². The number of phenols is 2. The number of amides is 3. The minimum Gasteiger partial charge on any atom is -0.504 e. The number of phenolic OH excluding ortho intramolecular Hbond substituents is 2. The molecule has 0 radical (unpaired) electrons. The standard InChI is InChI=1S/2C36H53NO5S.C33H45NO5.C3H8S.CH4O.CH4/c1-20(2)41-31(40)42-24-17-23-28(22(5)29(24)38)25(43-21(3)4)18-26-34(23,8)14-16-36(10)27-19-33(7,30(37)39)12-11-32(27,6)13-15-35(26,36)9;1-20(2)41-31(40)42-29-22(5)28-23(17-24(29)38)34(8)14-16-36(10)27-19-33(7,30(37)39)12-11-32(27,6)13-15-35(36,9)26(34)18-25(28)43-21(3)4;1-19(2)38-28(37)39-26-20(3)21-9-10-24-31(6,22(21)17-23(26)35)14-16-33(8)25-18-30(5,27(34)36)12-11-29(25,4)13-15-32(24,33)7;1-3(2)4;1-2;/h2*17-18,20-21,25,27,38H,11-16,19H2,1-10H3,(H2,37,39);9-10,17,19,25H,11-16,18H2,1-8H3,(H2,34,36);3-4H,1-2H3;2H,1H3;1H4/t2*25?,27-,32-,33-,34+,35-,36+;25-,29-,30-,31+,32-,33+;;;/m111.../s1. The first-order valence-electron chi connectivity index (χ1n) is 49.0. The number of primary amides is 3. The van der Waals surface area contributed by atoms with Crippen LogP contribution in [-0.4, -0.2) is 98.5 Å². The van der Waals surface area contributed by atoms with E-state index in [2.05, 4.69) is 168 Å². The maximum atomic E-state index is 13.3. The summed E-state index contributed by atoms with van der Waals surface area (Å²) in [5.74, 6) is 0.765. The van der Waals surface area contributed by atoms with Gasteiger partial charge in [-0.2, -0.15) is 12.6 Å². The minimum absolute atomic E-state index is 0. The lowest BCUT2D eigenvalue weighted by atomic mass is 9.34. The van der Waals surface area contributed by atoms with E-state index in [1.807, 2.05) is 70.3 Å². The van der Waals surface area contributed by atoms with Crippen molar-refractivity contribution in [2.24, 2.45) is 105 Å². The second kappa shape index (κ2) is 37.6. The fraction of sp³-hybridized carbons (Fsp3) is 0.718. The summed E-state index contributed by atoms with van der Waals surface area (Å²) in [6, 6.07) is 3.79. The molecule has 0 bridgehead atoms. The van der Waals surface area contributed by atoms with Gasteiger partial charge < -0.3 is 60.9 Å². The first-order chi connectivity index (χ1) is 60.4. The van der Waals surface area contributed by atoms with E-state index < -0.39 is 34.7 Å². The lowest BCUT2D eigenvalue weighted by molar-refractivity contribution is -0.167. The predicted molar refractivity (Wildman–Crippen MR) is 536 cm³/mol. The normalized spacial score (nSPS) is 37.5. The Labute approximate surface area is 806 Å². The molecule has 0 saturated heterocycles. The zero-order valence-corrected chi connectivity index (χ0v) is 87.9. The molecule has 3 amide bonds. The van der Waals surface area contributed by atoms with E-state index in [0.717, 1.165) is 186 Å². The molecule has 22 heteroatoms. The number of hydrogen-bond acceptors (Lipinski definition) is 19. The number of ketones is 1. The van der Waals surface area contributed by atoms with Crippen molar-refractivity contribution in [3.63, 3.8) is 0 Å². The molecule has 132 heavy (non-hydrogen) atoms. The molecule has 19 nitrogen and oxygen atoms in total. The number of carbonyl (C=O) groups excluding carboxylic acids is 7. The largest absolute Gasteiger partial charge is 0.514 e. The van der Waals surface area contributed by atoms with Crippen molar-refractivity contribution in [2.75, 3.05) is 7.11 Å². The third kappa shape index (κ3) is 18.1. The number of rotatable bonds is 13. The molecular formula is C110H167N3O16S3. The SMILES string of the molecule is C.CC(C)S.CC1=C(OC(=O)OC(C)C)C(=O)C=C2C1=CC=C1[C@@]2(C)CC[C@@]2(C)[C@@H]3C[C@](C)(C(N)=O)CC[C@]3(C)CC[C@]12C.CO.Cc1c(O)c(OC(=O)OC(C)C)cc2c1C(SC(C)C)C=C1[C@@]2(C)CC[C@@]2(C)[C@@H]3C[C@](C)(C(N)=O)CC[C@]3(C)CC[C@]12C.Cc1c(OC(=O)OC(C)C)c(O)cc2c1C(SC(C)C)C=C1[C@@]2(C)CC[C@@]2(C)[C@@H]3C[C@](C)(C(N)=O)CC[C@]3(C)CC[C@]12C. The first-order valence-corrected chi connectivity index (χ1v) is 51.4. The second-order valence-electron chi connectivity index (χ2n) is 47.4. The summed E-state index contributed by atoms with van der Waals surface area (Å²) in [5.41, 5.74) is 29.2. The zero-order valence-electron chi connectivity index (χ0n) is 85.4. The number of fused-ring (bicyclic) bond motifs is 21. The Balaban J connectivity index is 0.000000199. The number of aromatic hydroxyl groups is 2. The fourth-order valence-electron chi connectivity index (χ4n) is 28.5. The van der Waals surface area contributed by atoms with Crippen LogP contribution in [-0.2, 0) is 49.0 Å². The van der Waals surface area contributed by atoms with Crippen LogP contribution in [0.1, 0.15) is 380 Å². The Morgan fingerprint density at radius 1 is 0.439 bits per heavy atom. The molecule has 13 aliphatic carbocycles. The molecule has 736 valence electrons. The summed E-state index contributed by atoms with van der Waals surface area (Å²) in [7, 11) is 1.00. The molecule has 0 aromatic heterocycles. The van der Waals surface area contributed by atoms with Crippen molar-refractivity contribution in [2.45, 2.75) is 405 Å². The van der Waals surface area contributed by atoms with Gasteiger partial charge in [-0.25, -0.2) is 14.4 Å². The monoisotopic (exact) mass is 1880 g/mol. The second-order valence-corrected chi connectivity index (χ2v) is 51.9. The van der Waals surface area contributed by atoms with Gasteiger partial charge in [-0.1, -0.05) is 194 Å². The number of aliphatic hydroxyl groups is 1. The van der Waals surface area contributed by atoms with E-state index in [1.54, 1.807) is 47.6 Å². The van der Waals surface area contributed by atoms with Crippen LogP contribution in [0.2, 0.25) is 0 Å². The van der Waals surface area contributed by atoms with E-state index in [9.17, 15) is 43.8 Å². The van der Waals surface area contributed by atoms with Crippen molar-refractivity contribution < 1.29 is 77.3 Å². The van der Waals surface area contributed by atoms with E-state index >= 15 is 0 Å². The third-order valence-electron chi connectivity index (χ3n) is 37.1. The maximum absolute atomic E-state index is 13.3. The number of carbonyl (C=O) groups is 7. The molecule has 13 aliphatic rings. The van der Waals surface area contributed by atoms with Crippen LogP contribution in [0.4, 0.5) is 14.4 Å². The molecule has 0 aliphatic heterocycles. The molecule has 2 unspecified atom stereocenters. The number of allylic oxidation sites excluding steroid dienone is 9. The summed E-state index contributed by atoms with van der Waals surface area (Å²) >= 11 is 7.77. The van der Waals surface area contributed by atoms with Gasteiger partial charge in [0.1, 0.15) is 0 Å². The predicted octanol–water partition coefficient (Wildman–Crippen LogP) is 26.5. The van der Waals surface area contributed by atoms with Crippen molar-refractivity contribution >= 4 is 78.1 Å². The van der Waals surface area contributed by atoms with Gasteiger partial charge in [0.05, 0.1) is 18.3 Å². The molecule has 9 fully saturated rings. The number of thiol groups is 1. The Kier molecular flexibility index (Phi) is 30.6. The van der Waals surface area contributed by atoms with Gasteiger partial charge in [-0.15, -0.1) is 23.5 Å². The third-order valence-corrected chi connectivity index (χ3v) is 39.6. The number of aliphatic hydroxyl groups excluding tert-OH is 1. The van der Waals surface area contributed by atoms with Crippen LogP contribution < -0.4 is 26.7 Å². The number of benzene rings is 2. The fourth-order valence-corrected chi connectivity index (χ4v) is 31.0. The Morgan fingerprint density at radius 2 is 0.773 bits per heavy atom. The Bertz CT molecular complexity index is 5050. The van der Waals surface area contributed by atoms with Crippen molar-refractivity contribution in [1.29, 1.82) is 0 Å². The van der Waals surface area contributed by atoms with Gasteiger partial charge in [0, 0.05) is 61.2 Å². The van der Waals surface area contributed by atoms with Crippen LogP contribution in [0.25, 0.3) is 0 Å². The highest BCUT2D eigenvalue weighted by Crippen LogP contribution is 2.80. The van der Waals surface area contributed by atoms with Gasteiger partial charge in [-0.3, -0.25) is 19.2 Å². The summed E-state index contributed by atoms with van der Waals surface area (Å²) in [6.07, 6.45) is 28.5. The lowest BCUT2D eigenvalue weighted by Crippen LogP contribution is -2.63. The van der Waals surface area contributed by atoms with E-state index in [-0.39, 0.29) is 153 Å². The molecule has 9 saturated carbocycles. The Morgan fingerprint density at radius 3 is 1.14 bits per heavy atom. The van der Waals surface area contributed by atoms with E-state index in [1.165, 1.54) is 16.7 Å². The number of hydrogen-bond donors (Lipinski definition) is 7. The number of nitrogens with two attached hydrogens (primary N) is 3. The minimum atomic E-state index is -0.856. The molecule has 20 atom stereocenters. The average Bonchev–Trinajstić information content (AvgIpc) is 0.682. The summed E-state index contributed by atoms with van der Waals surface area (Å²) in [5, 5.41) is 31.0. The summed E-state index contributed by atoms with van der Waals surface area (Å²) in [4.78, 5) is 88.6. The van der Waals surface area contributed by atoms with Crippen LogP contribution in [0.3, 0.4) is 0 Å². The summed E-state index contributed by atoms with van der Waals surface area (Å²) in [6.45, 7) is 64.7. The molecule has 9 N–H and O–H groups in total. The molecular weight excluding hydrogens is 1720 g/mol. The van der Waals surface area contributed by atoms with E-state index in [0.29, 0.717) is 39.1 Å². The lowest BCUT2D eigenvalue weighted by Gasteiger charge is -2.70. The molecule has 0 heterocycles. The number of ether oxygens (including phenoxy) is 6.